The molecule has 21 heavy (non-hydrogen) atoms. The summed E-state index contributed by atoms with van der Waals surface area (Å²) in [5.74, 6) is 0.498. The van der Waals surface area contributed by atoms with E-state index < -0.39 is 10.0 Å². The normalized spacial score (nSPS) is 18.8. The van der Waals surface area contributed by atoms with Gasteiger partial charge in [0.25, 0.3) is 0 Å². The molecule has 0 aromatic carbocycles. The van der Waals surface area contributed by atoms with Gasteiger partial charge >= 0.3 is 0 Å². The number of nitrogens with two attached hydrogens (primary N) is 1. The molecule has 0 saturated heterocycles. The zero-order chi connectivity index (χ0) is 15.6. The fourth-order valence-corrected chi connectivity index (χ4v) is 4.97. The molecule has 1 unspecified atom stereocenters. The van der Waals surface area contributed by atoms with Gasteiger partial charge in [-0.2, -0.15) is 5.10 Å². The zero-order valence-corrected chi connectivity index (χ0v) is 13.9. The van der Waals surface area contributed by atoms with Crippen LogP contribution in [0.1, 0.15) is 51.1 Å². The third kappa shape index (κ3) is 3.40. The van der Waals surface area contributed by atoms with Gasteiger partial charge in [0.15, 0.2) is 5.82 Å². The van der Waals surface area contributed by atoms with Crippen molar-refractivity contribution in [2.75, 3.05) is 5.73 Å². The molecule has 3 N–H and O–H groups in total. The quantitative estimate of drug-likeness (QED) is 0.869. The van der Waals surface area contributed by atoms with Crippen molar-refractivity contribution in [1.29, 1.82) is 0 Å². The molecule has 7 heteroatoms. The molecule has 120 valence electrons. The number of nitrogens with one attached hydrogen (secondary N) is 1. The maximum Gasteiger partial charge on any atom is 0.246 e. The molecule has 1 heterocycles. The third-order valence-electron chi connectivity index (χ3n) is 4.54. The summed E-state index contributed by atoms with van der Waals surface area (Å²) in [6.45, 7) is 3.75. The number of aromatic nitrogens is 2. The second kappa shape index (κ2) is 6.36. The maximum atomic E-state index is 12.7. The van der Waals surface area contributed by atoms with Gasteiger partial charge < -0.3 is 5.73 Å². The van der Waals surface area contributed by atoms with Gasteiger partial charge in [-0.05, 0) is 32.1 Å². The topological polar surface area (TPSA) is 90.0 Å². The maximum absolute atomic E-state index is 12.7. The van der Waals surface area contributed by atoms with Gasteiger partial charge in [-0.25, -0.2) is 13.1 Å². The number of aryl methyl sites for hydroxylation is 1. The lowest BCUT2D eigenvalue weighted by Crippen LogP contribution is -2.40. The fraction of sp³-hybridized carbons (Fsp3) is 0.786. The molecule has 0 bridgehead atoms. The molecule has 0 spiro atoms. The fourth-order valence-electron chi connectivity index (χ4n) is 3.25. The number of nitrogens with zero attached hydrogens (tertiary/aromatic N) is 2. The van der Waals surface area contributed by atoms with E-state index in [1.54, 1.807) is 14.0 Å². The van der Waals surface area contributed by atoms with E-state index in [9.17, 15) is 8.42 Å². The van der Waals surface area contributed by atoms with Crippen molar-refractivity contribution in [1.82, 2.24) is 14.5 Å². The SMILES string of the molecule is CCC(NS(=O)(=O)c1c(N)nn(C)c1C)C1CCCCC1. The molecule has 0 aliphatic heterocycles. The first-order chi connectivity index (χ1) is 9.86. The highest BCUT2D eigenvalue weighted by atomic mass is 32.2. The van der Waals surface area contributed by atoms with Crippen LogP contribution in [0.25, 0.3) is 0 Å². The highest BCUT2D eigenvalue weighted by Gasteiger charge is 2.30. The predicted molar refractivity (Wildman–Crippen MR) is 83.3 cm³/mol. The summed E-state index contributed by atoms with van der Waals surface area (Å²) >= 11 is 0. The van der Waals surface area contributed by atoms with Crippen molar-refractivity contribution in [3.63, 3.8) is 0 Å². The Morgan fingerprint density at radius 1 is 1.38 bits per heavy atom. The van der Waals surface area contributed by atoms with Gasteiger partial charge in [-0.1, -0.05) is 26.2 Å². The van der Waals surface area contributed by atoms with Crippen molar-refractivity contribution in [2.24, 2.45) is 13.0 Å². The van der Waals surface area contributed by atoms with Gasteiger partial charge in [0, 0.05) is 13.1 Å². The van der Waals surface area contributed by atoms with Gasteiger partial charge in [0.1, 0.15) is 4.90 Å². The van der Waals surface area contributed by atoms with Crippen LogP contribution in [0.5, 0.6) is 0 Å². The Labute approximate surface area is 127 Å². The number of sulfonamides is 1. The van der Waals surface area contributed by atoms with E-state index in [-0.39, 0.29) is 16.8 Å². The van der Waals surface area contributed by atoms with Crippen LogP contribution < -0.4 is 10.5 Å². The summed E-state index contributed by atoms with van der Waals surface area (Å²) in [5.41, 5.74) is 6.34. The average Bonchev–Trinajstić information content (AvgIpc) is 2.71. The minimum absolute atomic E-state index is 0.0192. The smallest absolute Gasteiger partial charge is 0.246 e. The Hall–Kier alpha value is -1.08. The van der Waals surface area contributed by atoms with Crippen molar-refractivity contribution in [3.05, 3.63) is 5.69 Å². The third-order valence-corrected chi connectivity index (χ3v) is 6.19. The molecule has 1 fully saturated rings. The first-order valence-corrected chi connectivity index (χ1v) is 9.16. The van der Waals surface area contributed by atoms with E-state index in [4.69, 9.17) is 5.73 Å². The lowest BCUT2D eigenvalue weighted by atomic mass is 9.83. The van der Waals surface area contributed by atoms with Gasteiger partial charge in [-0.15, -0.1) is 0 Å². The second-order valence-electron chi connectivity index (χ2n) is 5.96. The zero-order valence-electron chi connectivity index (χ0n) is 13.1. The summed E-state index contributed by atoms with van der Waals surface area (Å²) < 4.78 is 29.7. The van der Waals surface area contributed by atoms with Gasteiger partial charge in [-0.3, -0.25) is 4.68 Å². The minimum atomic E-state index is -3.62. The number of hydrogen-bond donors (Lipinski definition) is 2. The summed E-state index contributed by atoms with van der Waals surface area (Å²) in [7, 11) is -1.92. The molecule has 1 aromatic rings. The lowest BCUT2D eigenvalue weighted by molar-refractivity contribution is 0.285. The Balaban J connectivity index is 2.22. The molecular formula is C14H26N4O2S. The Morgan fingerprint density at radius 2 is 2.00 bits per heavy atom. The molecular weight excluding hydrogens is 288 g/mol. The molecule has 1 saturated carbocycles. The summed E-state index contributed by atoms with van der Waals surface area (Å²) in [6.07, 6.45) is 6.64. The van der Waals surface area contributed by atoms with Crippen LogP contribution in [-0.4, -0.2) is 24.2 Å². The van der Waals surface area contributed by atoms with E-state index in [2.05, 4.69) is 9.82 Å². The van der Waals surface area contributed by atoms with Gasteiger partial charge in [0.2, 0.25) is 10.0 Å². The Kier molecular flexibility index (Phi) is 4.93. The van der Waals surface area contributed by atoms with E-state index in [1.165, 1.54) is 23.9 Å². The van der Waals surface area contributed by atoms with E-state index in [0.717, 1.165) is 19.3 Å². The number of hydrogen-bond acceptors (Lipinski definition) is 4. The molecule has 1 atom stereocenters. The summed E-state index contributed by atoms with van der Waals surface area (Å²) in [5, 5.41) is 4.00. The molecule has 6 nitrogen and oxygen atoms in total. The van der Waals surface area contributed by atoms with E-state index in [0.29, 0.717) is 11.6 Å². The van der Waals surface area contributed by atoms with Crippen molar-refractivity contribution < 1.29 is 8.42 Å². The molecule has 1 aromatic heterocycles. The first kappa shape index (κ1) is 16.3. The molecule has 0 amide bonds. The molecule has 0 radical (unpaired) electrons. The number of nitrogen functional groups attached to an aromatic ring is 1. The van der Waals surface area contributed by atoms with E-state index in [1.807, 2.05) is 6.92 Å². The molecule has 1 aliphatic rings. The van der Waals surface area contributed by atoms with Crippen LogP contribution in [0.4, 0.5) is 5.82 Å². The Morgan fingerprint density at radius 3 is 2.48 bits per heavy atom. The second-order valence-corrected chi connectivity index (χ2v) is 7.61. The monoisotopic (exact) mass is 314 g/mol. The highest BCUT2D eigenvalue weighted by Crippen LogP contribution is 2.29. The van der Waals surface area contributed by atoms with Crippen LogP contribution in [0, 0.1) is 12.8 Å². The minimum Gasteiger partial charge on any atom is -0.381 e. The molecule has 1 aliphatic carbocycles. The number of anilines is 1. The first-order valence-electron chi connectivity index (χ1n) is 7.68. The molecule has 2 rings (SSSR count). The van der Waals surface area contributed by atoms with E-state index >= 15 is 0 Å². The van der Waals surface area contributed by atoms with Crippen LogP contribution >= 0.6 is 0 Å². The predicted octanol–water partition coefficient (Wildman–Crippen LogP) is 1.95. The largest absolute Gasteiger partial charge is 0.381 e. The van der Waals surface area contributed by atoms with Gasteiger partial charge in [0.05, 0.1) is 5.69 Å². The van der Waals surface area contributed by atoms with Crippen LogP contribution in [0.3, 0.4) is 0 Å². The summed E-state index contributed by atoms with van der Waals surface area (Å²) in [6, 6.07) is -0.0192. The van der Waals surface area contributed by atoms with Crippen molar-refractivity contribution in [2.45, 2.75) is 63.3 Å². The van der Waals surface area contributed by atoms with Crippen LogP contribution in [0.15, 0.2) is 4.90 Å². The average molecular weight is 314 g/mol. The van der Waals surface area contributed by atoms with Crippen LogP contribution in [-0.2, 0) is 17.1 Å². The highest BCUT2D eigenvalue weighted by molar-refractivity contribution is 7.89. The Bertz CT molecular complexity index is 588. The van der Waals surface area contributed by atoms with Crippen molar-refractivity contribution >= 4 is 15.8 Å². The summed E-state index contributed by atoms with van der Waals surface area (Å²) in [4.78, 5) is 0.124. The van der Waals surface area contributed by atoms with Crippen molar-refractivity contribution in [3.8, 4) is 0 Å². The standard InChI is InChI=1S/C14H26N4O2S/c1-4-12(11-8-6-5-7-9-11)17-21(19,20)13-10(2)18(3)16-14(13)15/h11-12,17H,4-9H2,1-3H3,(H2,15,16). The van der Waals surface area contributed by atoms with Crippen LogP contribution in [0.2, 0.25) is 0 Å². The lowest BCUT2D eigenvalue weighted by Gasteiger charge is -2.30. The number of rotatable bonds is 5.